The lowest BCUT2D eigenvalue weighted by Gasteiger charge is -2.08. The molecule has 0 aliphatic heterocycles. The van der Waals surface area contributed by atoms with E-state index < -0.39 is 0 Å². The molecule has 2 aromatic heterocycles. The van der Waals surface area contributed by atoms with Crippen molar-refractivity contribution in [2.75, 3.05) is 11.9 Å². The first-order valence-corrected chi connectivity index (χ1v) is 6.37. The Hall–Kier alpha value is -2.50. The van der Waals surface area contributed by atoms with Gasteiger partial charge in [0, 0.05) is 18.9 Å². The lowest BCUT2D eigenvalue weighted by atomic mass is 10.1. The molecule has 0 bridgehead atoms. The highest BCUT2D eigenvalue weighted by molar-refractivity contribution is 5.61. The number of hydrogen-bond donors (Lipinski definition) is 1. The van der Waals surface area contributed by atoms with Crippen molar-refractivity contribution in [1.82, 2.24) is 19.6 Å². The molecule has 3 rings (SSSR count). The third-order valence-electron chi connectivity index (χ3n) is 3.21. The largest absolute Gasteiger partial charge is 0.367 e. The fraction of sp³-hybridized carbons (Fsp3) is 0.214. The minimum Gasteiger partial charge on any atom is -0.367 e. The molecule has 1 N–H and O–H groups in total. The summed E-state index contributed by atoms with van der Waals surface area (Å²) < 4.78 is 14.8. The van der Waals surface area contributed by atoms with Gasteiger partial charge >= 0.3 is 0 Å². The van der Waals surface area contributed by atoms with Gasteiger partial charge in [-0.2, -0.15) is 0 Å². The maximum Gasteiger partial charge on any atom is 0.203 e. The molecule has 0 radical (unpaired) electrons. The van der Waals surface area contributed by atoms with Crippen LogP contribution in [0, 0.1) is 12.7 Å². The highest BCUT2D eigenvalue weighted by atomic mass is 19.1. The standard InChI is InChI=1S/C14H14FN5/c1-10-8-12(15)3-2-11(10)4-5-16-13-14-19-18-9-20(14)7-6-17-13/h2-3,6-9H,4-5H2,1H3,(H,16,17). The predicted molar refractivity (Wildman–Crippen MR) is 74.1 cm³/mol. The summed E-state index contributed by atoms with van der Waals surface area (Å²) in [5, 5.41) is 11.1. The Labute approximate surface area is 115 Å². The molecule has 2 heterocycles. The van der Waals surface area contributed by atoms with Crippen LogP contribution in [0.4, 0.5) is 10.2 Å². The molecule has 1 aromatic carbocycles. The quantitative estimate of drug-likeness (QED) is 0.790. The molecule has 0 saturated heterocycles. The van der Waals surface area contributed by atoms with Crippen LogP contribution in [-0.4, -0.2) is 26.1 Å². The van der Waals surface area contributed by atoms with E-state index in [-0.39, 0.29) is 5.82 Å². The Morgan fingerprint density at radius 2 is 2.25 bits per heavy atom. The summed E-state index contributed by atoms with van der Waals surface area (Å²) in [6.45, 7) is 2.61. The van der Waals surface area contributed by atoms with Crippen LogP contribution in [0.25, 0.3) is 5.65 Å². The second-order valence-corrected chi connectivity index (χ2v) is 4.59. The number of benzene rings is 1. The average Bonchev–Trinajstić information content (AvgIpc) is 2.90. The average molecular weight is 271 g/mol. The lowest BCUT2D eigenvalue weighted by molar-refractivity contribution is 0.625. The van der Waals surface area contributed by atoms with Crippen molar-refractivity contribution >= 4 is 11.5 Å². The van der Waals surface area contributed by atoms with E-state index in [4.69, 9.17) is 0 Å². The smallest absolute Gasteiger partial charge is 0.203 e. The van der Waals surface area contributed by atoms with Crippen molar-refractivity contribution in [3.63, 3.8) is 0 Å². The molecule has 0 unspecified atom stereocenters. The third kappa shape index (κ3) is 2.45. The number of fused-ring (bicyclic) bond motifs is 1. The Morgan fingerprint density at radius 3 is 3.10 bits per heavy atom. The molecule has 20 heavy (non-hydrogen) atoms. The molecule has 0 fully saturated rings. The second-order valence-electron chi connectivity index (χ2n) is 4.59. The van der Waals surface area contributed by atoms with Crippen LogP contribution in [0.15, 0.2) is 36.9 Å². The summed E-state index contributed by atoms with van der Waals surface area (Å²) in [5.74, 6) is 0.499. The van der Waals surface area contributed by atoms with Crippen LogP contribution in [0.1, 0.15) is 11.1 Å². The van der Waals surface area contributed by atoms with Crippen molar-refractivity contribution < 1.29 is 4.39 Å². The zero-order chi connectivity index (χ0) is 13.9. The number of nitrogens with zero attached hydrogens (tertiary/aromatic N) is 4. The Bertz CT molecular complexity index is 737. The highest BCUT2D eigenvalue weighted by Gasteiger charge is 2.05. The van der Waals surface area contributed by atoms with Crippen LogP contribution < -0.4 is 5.32 Å². The molecule has 6 heteroatoms. The molecule has 5 nitrogen and oxygen atoms in total. The summed E-state index contributed by atoms with van der Waals surface area (Å²) in [6.07, 6.45) is 5.92. The topological polar surface area (TPSA) is 55.1 Å². The SMILES string of the molecule is Cc1cc(F)ccc1CCNc1nccn2cnnc12. The van der Waals surface area contributed by atoms with Crippen molar-refractivity contribution in [3.05, 3.63) is 53.9 Å². The number of aryl methyl sites for hydroxylation is 1. The number of aromatic nitrogens is 4. The molecule has 102 valence electrons. The zero-order valence-electron chi connectivity index (χ0n) is 11.0. The molecule has 0 saturated carbocycles. The van der Waals surface area contributed by atoms with Gasteiger partial charge in [-0.3, -0.25) is 4.40 Å². The number of anilines is 1. The highest BCUT2D eigenvalue weighted by Crippen LogP contribution is 2.13. The molecule has 3 aromatic rings. The third-order valence-corrected chi connectivity index (χ3v) is 3.21. The molecule has 0 atom stereocenters. The van der Waals surface area contributed by atoms with Gasteiger partial charge in [0.05, 0.1) is 0 Å². The van der Waals surface area contributed by atoms with Crippen LogP contribution in [0.3, 0.4) is 0 Å². The van der Waals surface area contributed by atoms with E-state index in [2.05, 4.69) is 20.5 Å². The lowest BCUT2D eigenvalue weighted by Crippen LogP contribution is -2.08. The number of hydrogen-bond acceptors (Lipinski definition) is 4. The summed E-state index contributed by atoms with van der Waals surface area (Å²) in [6, 6.07) is 4.85. The van der Waals surface area contributed by atoms with Crippen LogP contribution in [0.5, 0.6) is 0 Å². The molecule has 0 aliphatic rings. The van der Waals surface area contributed by atoms with Crippen molar-refractivity contribution in [2.45, 2.75) is 13.3 Å². The zero-order valence-corrected chi connectivity index (χ0v) is 11.0. The van der Waals surface area contributed by atoms with Gasteiger partial charge in [-0.05, 0) is 36.6 Å². The molecule has 0 amide bonds. The van der Waals surface area contributed by atoms with Crippen LogP contribution >= 0.6 is 0 Å². The first-order chi connectivity index (χ1) is 9.74. The Balaban J connectivity index is 1.69. The van der Waals surface area contributed by atoms with E-state index in [1.807, 2.05) is 13.0 Å². The first kappa shape index (κ1) is 12.5. The molecule has 0 spiro atoms. The molecular weight excluding hydrogens is 257 g/mol. The van der Waals surface area contributed by atoms with Crippen molar-refractivity contribution in [1.29, 1.82) is 0 Å². The minimum atomic E-state index is -0.200. The number of halogens is 1. The summed E-state index contributed by atoms with van der Waals surface area (Å²) in [5.41, 5.74) is 2.77. The second kappa shape index (κ2) is 5.24. The van der Waals surface area contributed by atoms with Crippen LogP contribution in [-0.2, 0) is 6.42 Å². The fourth-order valence-electron chi connectivity index (χ4n) is 2.14. The van der Waals surface area contributed by atoms with Gasteiger partial charge in [0.2, 0.25) is 5.65 Å². The van der Waals surface area contributed by atoms with Gasteiger partial charge < -0.3 is 5.32 Å². The number of nitrogens with one attached hydrogen (secondary N) is 1. The van der Waals surface area contributed by atoms with E-state index in [1.165, 1.54) is 6.07 Å². The molecule has 0 aliphatic carbocycles. The van der Waals surface area contributed by atoms with E-state index in [0.29, 0.717) is 18.0 Å². The monoisotopic (exact) mass is 271 g/mol. The Morgan fingerprint density at radius 1 is 1.35 bits per heavy atom. The number of rotatable bonds is 4. The Kier molecular flexibility index (Phi) is 3.28. The maximum absolute atomic E-state index is 13.0. The van der Waals surface area contributed by atoms with Gasteiger partial charge in [-0.15, -0.1) is 10.2 Å². The van der Waals surface area contributed by atoms with Crippen molar-refractivity contribution in [2.24, 2.45) is 0 Å². The van der Waals surface area contributed by atoms with E-state index in [0.717, 1.165) is 17.5 Å². The summed E-state index contributed by atoms with van der Waals surface area (Å²) in [7, 11) is 0. The predicted octanol–water partition coefficient (Wildman–Crippen LogP) is 2.23. The minimum absolute atomic E-state index is 0.200. The molecular formula is C14H14FN5. The van der Waals surface area contributed by atoms with E-state index in [1.54, 1.807) is 29.2 Å². The van der Waals surface area contributed by atoms with Crippen molar-refractivity contribution in [3.8, 4) is 0 Å². The van der Waals surface area contributed by atoms with Gasteiger partial charge in [0.1, 0.15) is 12.1 Å². The van der Waals surface area contributed by atoms with E-state index >= 15 is 0 Å². The van der Waals surface area contributed by atoms with Gasteiger partial charge in [-0.1, -0.05) is 6.07 Å². The van der Waals surface area contributed by atoms with E-state index in [9.17, 15) is 4.39 Å². The van der Waals surface area contributed by atoms with Gasteiger partial charge in [0.25, 0.3) is 0 Å². The summed E-state index contributed by atoms with van der Waals surface area (Å²) >= 11 is 0. The normalized spacial score (nSPS) is 10.9. The fourth-order valence-corrected chi connectivity index (χ4v) is 2.14. The van der Waals surface area contributed by atoms with Gasteiger partial charge in [-0.25, -0.2) is 9.37 Å². The summed E-state index contributed by atoms with van der Waals surface area (Å²) in [4.78, 5) is 4.25. The first-order valence-electron chi connectivity index (χ1n) is 6.37. The van der Waals surface area contributed by atoms with Crippen LogP contribution in [0.2, 0.25) is 0 Å². The maximum atomic E-state index is 13.0. The van der Waals surface area contributed by atoms with Gasteiger partial charge in [0.15, 0.2) is 5.82 Å².